The normalized spacial score (nSPS) is 10.8. The fourth-order valence-electron chi connectivity index (χ4n) is 1.48. The molecule has 0 atom stereocenters. The summed E-state index contributed by atoms with van der Waals surface area (Å²) in [5.74, 6) is -1.76. The van der Waals surface area contributed by atoms with Crippen LogP contribution in [0.25, 0.3) is 0 Å². The van der Waals surface area contributed by atoms with Crippen LogP contribution >= 0.6 is 0 Å². The van der Waals surface area contributed by atoms with Gasteiger partial charge in [-0.1, -0.05) is 0 Å². The molecule has 7 heteroatoms. The molecular formula is C12H23NO6. The van der Waals surface area contributed by atoms with Crippen molar-refractivity contribution in [1.82, 2.24) is 4.90 Å². The van der Waals surface area contributed by atoms with Gasteiger partial charge >= 0.3 is 11.9 Å². The molecule has 7 nitrogen and oxygen atoms in total. The Hall–Kier alpha value is -1.18. The lowest BCUT2D eigenvalue weighted by molar-refractivity contribution is -0.137. The SMILES string of the molecule is COCCOCCCN(CCC(=O)O)CCC(=O)O. The number of methoxy groups -OCH3 is 1. The minimum atomic E-state index is -0.878. The standard InChI is InChI=1S/C12H23NO6/c1-18-9-10-19-8-2-5-13(6-3-11(14)15)7-4-12(16)17/h2-10H2,1H3,(H,14,15)(H,16,17). The summed E-state index contributed by atoms with van der Waals surface area (Å²) in [6.07, 6.45) is 0.775. The Labute approximate surface area is 113 Å². The van der Waals surface area contributed by atoms with Crippen LogP contribution in [0.4, 0.5) is 0 Å². The molecule has 2 N–H and O–H groups in total. The van der Waals surface area contributed by atoms with Crippen molar-refractivity contribution < 1.29 is 29.3 Å². The summed E-state index contributed by atoms with van der Waals surface area (Å²) >= 11 is 0. The first-order valence-electron chi connectivity index (χ1n) is 6.29. The zero-order chi connectivity index (χ0) is 14.5. The third-order valence-corrected chi connectivity index (χ3v) is 2.48. The lowest BCUT2D eigenvalue weighted by Gasteiger charge is -2.20. The molecule has 19 heavy (non-hydrogen) atoms. The van der Waals surface area contributed by atoms with E-state index in [1.54, 1.807) is 7.11 Å². The number of hydrogen-bond donors (Lipinski definition) is 2. The molecule has 0 amide bonds. The Morgan fingerprint density at radius 2 is 1.53 bits per heavy atom. The zero-order valence-corrected chi connectivity index (χ0v) is 11.3. The van der Waals surface area contributed by atoms with Crippen molar-refractivity contribution in [3.8, 4) is 0 Å². The monoisotopic (exact) mass is 277 g/mol. The number of hydrogen-bond acceptors (Lipinski definition) is 5. The molecule has 0 fully saturated rings. The lowest BCUT2D eigenvalue weighted by atomic mass is 10.3. The van der Waals surface area contributed by atoms with Crippen molar-refractivity contribution in [2.45, 2.75) is 19.3 Å². The maximum atomic E-state index is 10.5. The van der Waals surface area contributed by atoms with Crippen LogP contribution in [0.3, 0.4) is 0 Å². The van der Waals surface area contributed by atoms with Crippen LogP contribution in [0.1, 0.15) is 19.3 Å². The maximum absolute atomic E-state index is 10.5. The van der Waals surface area contributed by atoms with Crippen molar-refractivity contribution in [3.05, 3.63) is 0 Å². The highest BCUT2D eigenvalue weighted by Gasteiger charge is 2.09. The largest absolute Gasteiger partial charge is 0.481 e. The molecule has 0 radical (unpaired) electrons. The van der Waals surface area contributed by atoms with Crippen molar-refractivity contribution in [2.24, 2.45) is 0 Å². The summed E-state index contributed by atoms with van der Waals surface area (Å²) < 4.78 is 10.1. The van der Waals surface area contributed by atoms with E-state index >= 15 is 0 Å². The van der Waals surface area contributed by atoms with Gasteiger partial charge in [0.1, 0.15) is 0 Å². The average Bonchev–Trinajstić information content (AvgIpc) is 2.35. The van der Waals surface area contributed by atoms with E-state index in [9.17, 15) is 9.59 Å². The van der Waals surface area contributed by atoms with Gasteiger partial charge in [0.25, 0.3) is 0 Å². The summed E-state index contributed by atoms with van der Waals surface area (Å²) in [6, 6.07) is 0. The summed E-state index contributed by atoms with van der Waals surface area (Å²) in [6.45, 7) is 2.98. The van der Waals surface area contributed by atoms with Gasteiger partial charge in [0.05, 0.1) is 26.1 Å². The molecule has 0 saturated carbocycles. The van der Waals surface area contributed by atoms with E-state index in [2.05, 4.69) is 0 Å². The third kappa shape index (κ3) is 13.1. The number of carbonyl (C=O) groups is 2. The number of ether oxygens (including phenoxy) is 2. The van der Waals surface area contributed by atoms with E-state index in [-0.39, 0.29) is 12.8 Å². The van der Waals surface area contributed by atoms with Gasteiger partial charge in [0.15, 0.2) is 0 Å². The van der Waals surface area contributed by atoms with Gasteiger partial charge in [0, 0.05) is 33.4 Å². The molecule has 0 spiro atoms. The quantitative estimate of drug-likeness (QED) is 0.467. The van der Waals surface area contributed by atoms with Gasteiger partial charge in [-0.05, 0) is 6.42 Å². The van der Waals surface area contributed by atoms with Crippen LogP contribution in [0.2, 0.25) is 0 Å². The van der Waals surface area contributed by atoms with E-state index in [4.69, 9.17) is 19.7 Å². The fraction of sp³-hybridized carbons (Fsp3) is 0.833. The van der Waals surface area contributed by atoms with Crippen LogP contribution in [0, 0.1) is 0 Å². The summed E-state index contributed by atoms with van der Waals surface area (Å²) in [5, 5.41) is 17.3. The Morgan fingerprint density at radius 1 is 0.947 bits per heavy atom. The molecule has 0 rings (SSSR count). The molecule has 0 aromatic carbocycles. The van der Waals surface area contributed by atoms with Gasteiger partial charge in [-0.2, -0.15) is 0 Å². The predicted molar refractivity (Wildman–Crippen MR) is 68.3 cm³/mol. The van der Waals surface area contributed by atoms with E-state index in [1.807, 2.05) is 4.90 Å². The lowest BCUT2D eigenvalue weighted by Crippen LogP contribution is -2.30. The highest BCUT2D eigenvalue weighted by molar-refractivity contribution is 5.67. The van der Waals surface area contributed by atoms with Crippen LogP contribution < -0.4 is 0 Å². The van der Waals surface area contributed by atoms with Crippen LogP contribution in [-0.2, 0) is 19.1 Å². The first-order chi connectivity index (χ1) is 9.06. The van der Waals surface area contributed by atoms with Gasteiger partial charge in [-0.15, -0.1) is 0 Å². The number of nitrogens with zero attached hydrogens (tertiary/aromatic N) is 1. The molecule has 0 aliphatic heterocycles. The van der Waals surface area contributed by atoms with Crippen LogP contribution in [0.5, 0.6) is 0 Å². The summed E-state index contributed by atoms with van der Waals surface area (Å²) in [5.41, 5.74) is 0. The predicted octanol–water partition coefficient (Wildman–Crippen LogP) is 0.291. The molecule has 0 heterocycles. The van der Waals surface area contributed by atoms with Gasteiger partial charge in [-0.25, -0.2) is 0 Å². The molecular weight excluding hydrogens is 254 g/mol. The second kappa shape index (κ2) is 11.9. The van der Waals surface area contributed by atoms with E-state index in [0.717, 1.165) is 6.42 Å². The Morgan fingerprint density at radius 3 is 2.00 bits per heavy atom. The number of carboxylic acids is 2. The van der Waals surface area contributed by atoms with Crippen LogP contribution in [0.15, 0.2) is 0 Å². The van der Waals surface area contributed by atoms with Crippen molar-refractivity contribution in [2.75, 3.05) is 46.6 Å². The number of aliphatic carboxylic acids is 2. The minimum Gasteiger partial charge on any atom is -0.481 e. The topological polar surface area (TPSA) is 96.3 Å². The molecule has 0 aliphatic rings. The Balaban J connectivity index is 3.76. The highest BCUT2D eigenvalue weighted by atomic mass is 16.5. The molecule has 0 aromatic heterocycles. The van der Waals surface area contributed by atoms with Crippen molar-refractivity contribution in [3.63, 3.8) is 0 Å². The molecule has 0 aliphatic carbocycles. The molecule has 0 unspecified atom stereocenters. The second-order valence-electron chi connectivity index (χ2n) is 4.09. The fourth-order valence-corrected chi connectivity index (χ4v) is 1.48. The minimum absolute atomic E-state index is 0.0180. The average molecular weight is 277 g/mol. The first kappa shape index (κ1) is 17.8. The summed E-state index contributed by atoms with van der Waals surface area (Å²) in [7, 11) is 1.60. The zero-order valence-electron chi connectivity index (χ0n) is 11.3. The molecule has 0 saturated heterocycles. The van der Waals surface area contributed by atoms with E-state index in [1.165, 1.54) is 0 Å². The molecule has 112 valence electrons. The maximum Gasteiger partial charge on any atom is 0.304 e. The Bertz CT molecular complexity index is 241. The molecule has 0 bridgehead atoms. The molecule has 0 aromatic rings. The summed E-state index contributed by atoms with van der Waals surface area (Å²) in [4.78, 5) is 22.9. The highest BCUT2D eigenvalue weighted by Crippen LogP contribution is 1.98. The van der Waals surface area contributed by atoms with Crippen LogP contribution in [-0.4, -0.2) is 73.6 Å². The van der Waals surface area contributed by atoms with Gasteiger partial charge < -0.3 is 24.6 Å². The van der Waals surface area contributed by atoms with Crippen molar-refractivity contribution >= 4 is 11.9 Å². The van der Waals surface area contributed by atoms with Gasteiger partial charge in [-0.3, -0.25) is 9.59 Å². The van der Waals surface area contributed by atoms with Gasteiger partial charge in [0.2, 0.25) is 0 Å². The smallest absolute Gasteiger partial charge is 0.304 e. The first-order valence-corrected chi connectivity index (χ1v) is 6.29. The van der Waals surface area contributed by atoms with Crippen molar-refractivity contribution in [1.29, 1.82) is 0 Å². The number of carboxylic acid groups (broad SMARTS) is 2. The second-order valence-corrected chi connectivity index (χ2v) is 4.09. The third-order valence-electron chi connectivity index (χ3n) is 2.48. The van der Waals surface area contributed by atoms with E-state index < -0.39 is 11.9 Å². The van der Waals surface area contributed by atoms with E-state index in [0.29, 0.717) is 39.5 Å². The number of rotatable bonds is 13. The Kier molecular flexibility index (Phi) is 11.1.